The Hall–Kier alpha value is -1.85. The summed E-state index contributed by atoms with van der Waals surface area (Å²) in [6.07, 6.45) is 5.82. The molecule has 0 spiro atoms. The van der Waals surface area contributed by atoms with Gasteiger partial charge in [0.1, 0.15) is 0 Å². The molecular formula is C15H24N4O2. The van der Waals surface area contributed by atoms with E-state index in [9.17, 15) is 4.79 Å². The van der Waals surface area contributed by atoms with Gasteiger partial charge in [-0.3, -0.25) is 5.32 Å². The molecule has 1 heterocycles. The number of nitrogens with zero attached hydrogens (tertiary/aromatic N) is 3. The summed E-state index contributed by atoms with van der Waals surface area (Å²) < 4.78 is 4.94. The van der Waals surface area contributed by atoms with Crippen LogP contribution < -0.4 is 10.1 Å². The van der Waals surface area contributed by atoms with Gasteiger partial charge in [0.05, 0.1) is 7.11 Å². The second kappa shape index (κ2) is 7.24. The zero-order valence-corrected chi connectivity index (χ0v) is 13.0. The predicted molar refractivity (Wildman–Crippen MR) is 81.4 cm³/mol. The van der Waals surface area contributed by atoms with Gasteiger partial charge in [-0.1, -0.05) is 13.3 Å². The Morgan fingerprint density at radius 1 is 1.33 bits per heavy atom. The van der Waals surface area contributed by atoms with Crippen molar-refractivity contribution < 1.29 is 9.53 Å². The van der Waals surface area contributed by atoms with Crippen molar-refractivity contribution in [2.24, 2.45) is 5.92 Å². The molecule has 2 rings (SSSR count). The van der Waals surface area contributed by atoms with Crippen molar-refractivity contribution in [3.8, 4) is 5.88 Å². The predicted octanol–water partition coefficient (Wildman–Crippen LogP) is 2.92. The molecule has 1 aliphatic carbocycles. The monoisotopic (exact) mass is 292 g/mol. The molecular weight excluding hydrogens is 268 g/mol. The molecule has 0 aliphatic heterocycles. The summed E-state index contributed by atoms with van der Waals surface area (Å²) >= 11 is 0. The molecule has 0 aromatic carbocycles. The van der Waals surface area contributed by atoms with Gasteiger partial charge in [-0.25, -0.2) is 4.79 Å². The van der Waals surface area contributed by atoms with E-state index in [-0.39, 0.29) is 6.03 Å². The van der Waals surface area contributed by atoms with Gasteiger partial charge < -0.3 is 9.64 Å². The number of urea groups is 1. The number of anilines is 1. The van der Waals surface area contributed by atoms with Crippen LogP contribution in [0.25, 0.3) is 0 Å². The van der Waals surface area contributed by atoms with E-state index < -0.39 is 0 Å². The van der Waals surface area contributed by atoms with Crippen LogP contribution in [-0.4, -0.2) is 41.3 Å². The van der Waals surface area contributed by atoms with E-state index in [1.54, 1.807) is 17.0 Å². The Morgan fingerprint density at radius 2 is 2.05 bits per heavy atom. The highest BCUT2D eigenvalue weighted by molar-refractivity contribution is 5.88. The lowest BCUT2D eigenvalue weighted by atomic mass is 9.84. The Labute approximate surface area is 125 Å². The number of carbonyl (C=O) groups excluding carboxylic acids is 1. The van der Waals surface area contributed by atoms with Gasteiger partial charge >= 0.3 is 6.03 Å². The van der Waals surface area contributed by atoms with E-state index in [4.69, 9.17) is 4.74 Å². The Kier molecular flexibility index (Phi) is 5.36. The number of aromatic nitrogens is 2. The summed E-state index contributed by atoms with van der Waals surface area (Å²) in [7, 11) is 3.38. The number of hydrogen-bond donors (Lipinski definition) is 1. The number of hydrogen-bond acceptors (Lipinski definition) is 4. The first-order chi connectivity index (χ1) is 10.1. The van der Waals surface area contributed by atoms with Crippen LogP contribution in [0.1, 0.15) is 39.0 Å². The molecule has 0 radical (unpaired) electrons. The van der Waals surface area contributed by atoms with Crippen molar-refractivity contribution in [3.05, 3.63) is 12.1 Å². The molecule has 1 aromatic rings. The molecule has 1 saturated carbocycles. The zero-order valence-electron chi connectivity index (χ0n) is 13.0. The van der Waals surface area contributed by atoms with Crippen molar-refractivity contribution in [1.29, 1.82) is 0 Å². The lowest BCUT2D eigenvalue weighted by Gasteiger charge is -2.34. The molecule has 0 saturated heterocycles. The minimum atomic E-state index is -0.130. The van der Waals surface area contributed by atoms with Gasteiger partial charge in [-0.05, 0) is 37.7 Å². The van der Waals surface area contributed by atoms with Crippen molar-refractivity contribution in [2.75, 3.05) is 19.5 Å². The van der Waals surface area contributed by atoms with Gasteiger partial charge in [-0.15, -0.1) is 10.2 Å². The summed E-state index contributed by atoms with van der Waals surface area (Å²) in [5, 5.41) is 10.5. The van der Waals surface area contributed by atoms with Gasteiger partial charge in [0, 0.05) is 19.2 Å². The maximum absolute atomic E-state index is 12.2. The molecule has 0 bridgehead atoms. The normalized spacial score (nSPS) is 21.7. The van der Waals surface area contributed by atoms with Crippen molar-refractivity contribution in [3.63, 3.8) is 0 Å². The number of amides is 2. The SMILES string of the molecule is CCC1CCC(N(C)C(=O)Nc2ccc(OC)nn2)CC1. The number of ether oxygens (including phenoxy) is 1. The molecule has 1 aromatic heterocycles. The quantitative estimate of drug-likeness (QED) is 0.926. The summed E-state index contributed by atoms with van der Waals surface area (Å²) in [6.45, 7) is 2.24. The van der Waals surface area contributed by atoms with Gasteiger partial charge in [0.15, 0.2) is 5.82 Å². The first-order valence-corrected chi connectivity index (χ1v) is 7.55. The molecule has 6 nitrogen and oxygen atoms in total. The highest BCUT2D eigenvalue weighted by atomic mass is 16.5. The molecule has 0 unspecified atom stereocenters. The highest BCUT2D eigenvalue weighted by Gasteiger charge is 2.25. The van der Waals surface area contributed by atoms with Crippen LogP contribution in [0.3, 0.4) is 0 Å². The average molecular weight is 292 g/mol. The third kappa shape index (κ3) is 4.06. The summed E-state index contributed by atoms with van der Waals surface area (Å²) in [5.74, 6) is 1.69. The van der Waals surface area contributed by atoms with Crippen LogP contribution in [-0.2, 0) is 0 Å². The van der Waals surface area contributed by atoms with E-state index in [0.717, 1.165) is 18.8 Å². The van der Waals surface area contributed by atoms with E-state index in [1.165, 1.54) is 26.4 Å². The molecule has 1 aliphatic rings. The van der Waals surface area contributed by atoms with E-state index in [1.807, 2.05) is 7.05 Å². The highest BCUT2D eigenvalue weighted by Crippen LogP contribution is 2.29. The number of rotatable bonds is 4. The lowest BCUT2D eigenvalue weighted by molar-refractivity contribution is 0.170. The van der Waals surface area contributed by atoms with E-state index >= 15 is 0 Å². The maximum atomic E-state index is 12.2. The number of carbonyl (C=O) groups is 1. The molecule has 0 atom stereocenters. The third-order valence-electron chi connectivity index (χ3n) is 4.35. The van der Waals surface area contributed by atoms with Crippen LogP contribution in [0.4, 0.5) is 10.6 Å². The van der Waals surface area contributed by atoms with Crippen molar-refractivity contribution >= 4 is 11.8 Å². The van der Waals surface area contributed by atoms with Crippen LogP contribution in [0.15, 0.2) is 12.1 Å². The second-order valence-electron chi connectivity index (χ2n) is 5.58. The van der Waals surface area contributed by atoms with E-state index in [2.05, 4.69) is 22.4 Å². The first-order valence-electron chi connectivity index (χ1n) is 7.55. The second-order valence-corrected chi connectivity index (χ2v) is 5.58. The topological polar surface area (TPSA) is 67.4 Å². The van der Waals surface area contributed by atoms with Crippen LogP contribution in [0.2, 0.25) is 0 Å². The molecule has 2 amide bonds. The zero-order chi connectivity index (χ0) is 15.2. The standard InChI is InChI=1S/C15H24N4O2/c1-4-11-5-7-12(8-6-11)19(2)15(20)16-13-9-10-14(21-3)18-17-13/h9-12H,4-8H2,1-3H3,(H,16,17,20). The van der Waals surface area contributed by atoms with Gasteiger partial charge in [0.2, 0.25) is 5.88 Å². The first kappa shape index (κ1) is 15.5. The summed E-state index contributed by atoms with van der Waals surface area (Å²) in [4.78, 5) is 14.0. The van der Waals surface area contributed by atoms with Gasteiger partial charge in [0.25, 0.3) is 0 Å². The molecule has 116 valence electrons. The smallest absolute Gasteiger partial charge is 0.323 e. The summed E-state index contributed by atoms with van der Waals surface area (Å²) in [5.41, 5.74) is 0. The van der Waals surface area contributed by atoms with Crippen LogP contribution in [0, 0.1) is 5.92 Å². The van der Waals surface area contributed by atoms with Crippen molar-refractivity contribution in [2.45, 2.75) is 45.1 Å². The van der Waals surface area contributed by atoms with Crippen LogP contribution >= 0.6 is 0 Å². The summed E-state index contributed by atoms with van der Waals surface area (Å²) in [6, 6.07) is 3.55. The number of nitrogens with one attached hydrogen (secondary N) is 1. The lowest BCUT2D eigenvalue weighted by Crippen LogP contribution is -2.42. The van der Waals surface area contributed by atoms with E-state index in [0.29, 0.717) is 17.7 Å². The van der Waals surface area contributed by atoms with Crippen LogP contribution in [0.5, 0.6) is 5.88 Å². The third-order valence-corrected chi connectivity index (χ3v) is 4.35. The molecule has 6 heteroatoms. The minimum Gasteiger partial charge on any atom is -0.480 e. The number of methoxy groups -OCH3 is 1. The average Bonchev–Trinajstić information content (AvgIpc) is 2.55. The molecule has 1 fully saturated rings. The van der Waals surface area contributed by atoms with Crippen molar-refractivity contribution in [1.82, 2.24) is 15.1 Å². The largest absolute Gasteiger partial charge is 0.480 e. The fourth-order valence-corrected chi connectivity index (χ4v) is 2.80. The molecule has 21 heavy (non-hydrogen) atoms. The Bertz CT molecular complexity index is 455. The Morgan fingerprint density at radius 3 is 2.57 bits per heavy atom. The minimum absolute atomic E-state index is 0.130. The molecule has 1 N–H and O–H groups in total. The fraction of sp³-hybridized carbons (Fsp3) is 0.667. The maximum Gasteiger partial charge on any atom is 0.323 e. The Balaban J connectivity index is 1.87. The van der Waals surface area contributed by atoms with Gasteiger partial charge in [-0.2, -0.15) is 0 Å². The fourth-order valence-electron chi connectivity index (χ4n) is 2.80.